The predicted molar refractivity (Wildman–Crippen MR) is 83.4 cm³/mol. The number of carbonyl (C=O) groups is 1. The molecule has 0 amide bonds. The summed E-state index contributed by atoms with van der Waals surface area (Å²) in [5.74, 6) is 2.89. The van der Waals surface area contributed by atoms with Crippen LogP contribution < -0.4 is 0 Å². The van der Waals surface area contributed by atoms with E-state index in [-0.39, 0.29) is 9.65 Å². The molecule has 0 saturated heterocycles. The Labute approximate surface area is 128 Å². The Bertz CT molecular complexity index is 341. The topological polar surface area (TPSA) is 17.1 Å². The van der Waals surface area contributed by atoms with Gasteiger partial charge in [-0.3, -0.25) is 4.79 Å². The van der Waals surface area contributed by atoms with Gasteiger partial charge in [0.25, 0.3) is 0 Å². The van der Waals surface area contributed by atoms with Crippen LogP contribution in [0.3, 0.4) is 0 Å². The van der Waals surface area contributed by atoms with Gasteiger partial charge < -0.3 is 0 Å². The van der Waals surface area contributed by atoms with E-state index in [0.29, 0.717) is 23.0 Å². The molecule has 1 nitrogen and oxygen atoms in total. The van der Waals surface area contributed by atoms with Crippen LogP contribution in [0.25, 0.3) is 0 Å². The second kappa shape index (κ2) is 5.20. The number of rotatable bonds is 1. The summed E-state index contributed by atoms with van der Waals surface area (Å²) in [5.41, 5.74) is 0.295. The van der Waals surface area contributed by atoms with Crippen molar-refractivity contribution in [1.29, 1.82) is 0 Å². The smallest absolute Gasteiger partial charge is 0.160 e. The highest BCUT2D eigenvalue weighted by Crippen LogP contribution is 2.57. The lowest BCUT2D eigenvalue weighted by atomic mass is 9.52. The average Bonchev–Trinajstić information content (AvgIpc) is 2.33. The van der Waals surface area contributed by atoms with E-state index < -0.39 is 0 Å². The summed E-state index contributed by atoms with van der Waals surface area (Å²) < 4.78 is 0. The van der Waals surface area contributed by atoms with Gasteiger partial charge in [-0.2, -0.15) is 0 Å². The third-order valence-electron chi connectivity index (χ3n) is 5.72. The summed E-state index contributed by atoms with van der Waals surface area (Å²) in [5, 5.41) is 0. The molecule has 6 atom stereocenters. The molecule has 104 valence electrons. The van der Waals surface area contributed by atoms with Crippen LogP contribution in [0.5, 0.6) is 0 Å². The highest BCUT2D eigenvalue weighted by Gasteiger charge is 2.55. The molecule has 2 aliphatic rings. The normalized spacial score (nSPS) is 49.3. The summed E-state index contributed by atoms with van der Waals surface area (Å²) in [6, 6.07) is 0. The fourth-order valence-corrected chi connectivity index (χ4v) is 6.44. The van der Waals surface area contributed by atoms with Gasteiger partial charge in [-0.05, 0) is 48.3 Å². The van der Waals surface area contributed by atoms with E-state index in [2.05, 4.69) is 59.6 Å². The summed E-state index contributed by atoms with van der Waals surface area (Å²) in [6.07, 6.45) is 3.76. The molecule has 2 saturated carbocycles. The fraction of sp³-hybridized carbons (Fsp3) is 0.933. The fourth-order valence-electron chi connectivity index (χ4n) is 4.05. The van der Waals surface area contributed by atoms with Crippen molar-refractivity contribution in [3.63, 3.8) is 0 Å². The Morgan fingerprint density at radius 2 is 1.83 bits per heavy atom. The van der Waals surface area contributed by atoms with Crippen LogP contribution in [0, 0.1) is 29.1 Å². The van der Waals surface area contributed by atoms with E-state index in [1.54, 1.807) is 0 Å². The highest BCUT2D eigenvalue weighted by atomic mass is 79.9. The van der Waals surface area contributed by atoms with Crippen molar-refractivity contribution in [2.24, 2.45) is 29.1 Å². The second-order valence-electron chi connectivity index (χ2n) is 6.89. The minimum atomic E-state index is 0.0223. The maximum Gasteiger partial charge on any atom is 0.160 e. The van der Waals surface area contributed by atoms with Crippen molar-refractivity contribution in [1.82, 2.24) is 0 Å². The van der Waals surface area contributed by atoms with Gasteiger partial charge in [-0.1, -0.05) is 59.6 Å². The lowest BCUT2D eigenvalue weighted by Gasteiger charge is -2.55. The molecule has 0 aromatic rings. The average molecular weight is 380 g/mol. The van der Waals surface area contributed by atoms with Crippen LogP contribution in [-0.2, 0) is 4.79 Å². The molecule has 0 aromatic carbocycles. The van der Waals surface area contributed by atoms with Gasteiger partial charge in [-0.25, -0.2) is 0 Å². The zero-order valence-electron chi connectivity index (χ0n) is 11.7. The molecule has 0 heterocycles. The minimum absolute atomic E-state index is 0.0223. The highest BCUT2D eigenvalue weighted by molar-refractivity contribution is 9.10. The molecular formula is C15H24Br2O. The zero-order chi connectivity index (χ0) is 13.7. The van der Waals surface area contributed by atoms with Crippen LogP contribution in [-0.4, -0.2) is 15.4 Å². The maximum atomic E-state index is 12.3. The van der Waals surface area contributed by atoms with Crippen LogP contribution in [0.2, 0.25) is 0 Å². The standard InChI is InChI=1S/C15H24Br2O/c1-8(2)10-5-6-11-13(17)14(18)12(16)9(3)15(11,4)7-10/h8-13H,5-7H2,1-4H3/t9-,10-,11?,12-,13+,15+/m1/s1. The molecule has 18 heavy (non-hydrogen) atoms. The van der Waals surface area contributed by atoms with Crippen LogP contribution in [0.4, 0.5) is 0 Å². The molecule has 2 fully saturated rings. The van der Waals surface area contributed by atoms with Gasteiger partial charge in [0.1, 0.15) is 0 Å². The number of alkyl halides is 2. The molecule has 0 aromatic heterocycles. The van der Waals surface area contributed by atoms with E-state index in [4.69, 9.17) is 0 Å². The molecule has 2 aliphatic carbocycles. The molecule has 0 bridgehead atoms. The van der Waals surface area contributed by atoms with E-state index in [0.717, 1.165) is 11.8 Å². The lowest BCUT2D eigenvalue weighted by Crippen LogP contribution is -2.56. The van der Waals surface area contributed by atoms with Crippen molar-refractivity contribution < 1.29 is 4.79 Å². The Morgan fingerprint density at radius 3 is 2.39 bits per heavy atom. The third-order valence-corrected chi connectivity index (χ3v) is 8.05. The van der Waals surface area contributed by atoms with Crippen LogP contribution in [0.1, 0.15) is 47.0 Å². The van der Waals surface area contributed by atoms with Gasteiger partial charge in [0, 0.05) is 0 Å². The maximum absolute atomic E-state index is 12.3. The van der Waals surface area contributed by atoms with Crippen LogP contribution in [0.15, 0.2) is 0 Å². The number of fused-ring (bicyclic) bond motifs is 1. The Kier molecular flexibility index (Phi) is 4.34. The second-order valence-corrected chi connectivity index (χ2v) is 8.87. The number of hydrogen-bond acceptors (Lipinski definition) is 1. The minimum Gasteiger partial charge on any atom is -0.297 e. The first-order valence-corrected chi connectivity index (χ1v) is 8.94. The van der Waals surface area contributed by atoms with E-state index in [9.17, 15) is 4.79 Å². The van der Waals surface area contributed by atoms with Gasteiger partial charge >= 0.3 is 0 Å². The first-order valence-electron chi connectivity index (χ1n) is 7.11. The molecule has 1 unspecified atom stereocenters. The van der Waals surface area contributed by atoms with E-state index in [1.807, 2.05) is 0 Å². The number of Topliss-reactive ketones (excluding diaryl/α,β-unsaturated/α-hetero) is 1. The molecule has 3 heteroatoms. The Hall–Kier alpha value is 0.630. The number of ketones is 1. The van der Waals surface area contributed by atoms with E-state index >= 15 is 0 Å². The molecule has 0 spiro atoms. The van der Waals surface area contributed by atoms with Crippen molar-refractivity contribution in [3.8, 4) is 0 Å². The Morgan fingerprint density at radius 1 is 1.22 bits per heavy atom. The quantitative estimate of drug-likeness (QED) is 0.597. The molecule has 0 radical (unpaired) electrons. The lowest BCUT2D eigenvalue weighted by molar-refractivity contribution is -0.128. The Balaban J connectivity index is 2.29. The largest absolute Gasteiger partial charge is 0.297 e. The molecule has 0 aliphatic heterocycles. The van der Waals surface area contributed by atoms with Gasteiger partial charge in [0.05, 0.1) is 9.65 Å². The SMILES string of the molecule is CC(C)[C@@H]1CCC2[C@H](Br)C(=O)[C@H](Br)[C@@H](C)[C@]2(C)C1. The first kappa shape index (κ1) is 15.0. The predicted octanol–water partition coefficient (Wildman–Crippen LogP) is 4.81. The summed E-state index contributed by atoms with van der Waals surface area (Å²) >= 11 is 7.31. The summed E-state index contributed by atoms with van der Waals surface area (Å²) in [4.78, 5) is 12.3. The zero-order valence-corrected chi connectivity index (χ0v) is 14.9. The van der Waals surface area contributed by atoms with Crippen molar-refractivity contribution >= 4 is 37.6 Å². The van der Waals surface area contributed by atoms with Crippen molar-refractivity contribution in [2.45, 2.75) is 56.6 Å². The van der Waals surface area contributed by atoms with Crippen molar-refractivity contribution in [2.75, 3.05) is 0 Å². The third kappa shape index (κ3) is 2.24. The van der Waals surface area contributed by atoms with Crippen LogP contribution >= 0.6 is 31.9 Å². The summed E-state index contributed by atoms with van der Waals surface area (Å²) in [7, 11) is 0. The van der Waals surface area contributed by atoms with Gasteiger partial charge in [0.2, 0.25) is 0 Å². The molecule has 0 N–H and O–H groups in total. The molecular weight excluding hydrogens is 356 g/mol. The van der Waals surface area contributed by atoms with E-state index in [1.165, 1.54) is 19.3 Å². The van der Waals surface area contributed by atoms with Gasteiger partial charge in [-0.15, -0.1) is 0 Å². The van der Waals surface area contributed by atoms with Gasteiger partial charge in [0.15, 0.2) is 5.78 Å². The van der Waals surface area contributed by atoms with Crippen molar-refractivity contribution in [3.05, 3.63) is 0 Å². The molecule has 2 rings (SSSR count). The number of halogens is 2. The first-order chi connectivity index (χ1) is 8.29. The monoisotopic (exact) mass is 378 g/mol. The summed E-state index contributed by atoms with van der Waals surface area (Å²) in [6.45, 7) is 9.34. The number of hydrogen-bond donors (Lipinski definition) is 0. The number of carbonyl (C=O) groups excluding carboxylic acids is 1.